The first-order chi connectivity index (χ1) is 13.3. The summed E-state index contributed by atoms with van der Waals surface area (Å²) in [5.41, 5.74) is 0.879. The first kappa shape index (κ1) is 23.4. The van der Waals surface area contributed by atoms with Crippen LogP contribution < -0.4 is 19.3 Å². The molecule has 1 saturated carbocycles. The van der Waals surface area contributed by atoms with E-state index >= 15 is 0 Å². The van der Waals surface area contributed by atoms with Crippen LogP contribution in [-0.2, 0) is 9.09 Å². The monoisotopic (exact) mass is 433 g/mol. The molecule has 0 spiro atoms. The summed E-state index contributed by atoms with van der Waals surface area (Å²) in [7, 11) is 1.52. The fraction of sp³-hybridized carbons (Fsp3) is 0.684. The van der Waals surface area contributed by atoms with E-state index in [1.165, 1.54) is 46.3 Å². The maximum Gasteiger partial charge on any atom is 0.527 e. The SMILES string of the molecule is COc1cc(C)cc(OC)c1OP(=O)(O)OCCNC1(P)CCCCCCC1. The van der Waals surface area contributed by atoms with Gasteiger partial charge >= 0.3 is 7.82 Å². The number of hydrogen-bond acceptors (Lipinski definition) is 6. The largest absolute Gasteiger partial charge is 0.527 e. The Morgan fingerprint density at radius 3 is 2.18 bits per heavy atom. The molecule has 1 aliphatic carbocycles. The molecule has 1 aromatic carbocycles. The highest BCUT2D eigenvalue weighted by Gasteiger charge is 2.29. The van der Waals surface area contributed by atoms with Gasteiger partial charge in [0.15, 0.2) is 11.5 Å². The second-order valence-electron chi connectivity index (χ2n) is 7.24. The van der Waals surface area contributed by atoms with E-state index < -0.39 is 7.82 Å². The Balaban J connectivity index is 1.91. The Morgan fingerprint density at radius 2 is 1.64 bits per heavy atom. The van der Waals surface area contributed by atoms with Crippen molar-refractivity contribution in [2.45, 2.75) is 57.1 Å². The third-order valence-electron chi connectivity index (χ3n) is 4.89. The van der Waals surface area contributed by atoms with E-state index in [0.717, 1.165) is 18.4 Å². The van der Waals surface area contributed by atoms with Crippen molar-refractivity contribution >= 4 is 17.1 Å². The zero-order chi connectivity index (χ0) is 20.6. The predicted octanol–water partition coefficient (Wildman–Crippen LogP) is 4.41. The van der Waals surface area contributed by atoms with Crippen LogP contribution in [0.2, 0.25) is 0 Å². The van der Waals surface area contributed by atoms with Crippen molar-refractivity contribution in [1.29, 1.82) is 0 Å². The van der Waals surface area contributed by atoms with Crippen molar-refractivity contribution in [3.8, 4) is 17.2 Å². The lowest BCUT2D eigenvalue weighted by atomic mass is 9.96. The van der Waals surface area contributed by atoms with Gasteiger partial charge in [0, 0.05) is 11.8 Å². The van der Waals surface area contributed by atoms with E-state index in [9.17, 15) is 9.46 Å². The third-order valence-corrected chi connectivity index (χ3v) is 6.59. The molecule has 0 radical (unpaired) electrons. The smallest absolute Gasteiger partial charge is 0.493 e. The molecule has 28 heavy (non-hydrogen) atoms. The Hall–Kier alpha value is -0.840. The lowest BCUT2D eigenvalue weighted by Crippen LogP contribution is -2.41. The van der Waals surface area contributed by atoms with Crippen LogP contribution in [0.3, 0.4) is 0 Å². The molecule has 1 fully saturated rings. The number of rotatable bonds is 9. The van der Waals surface area contributed by atoms with Crippen LogP contribution in [0, 0.1) is 6.92 Å². The highest BCUT2D eigenvalue weighted by atomic mass is 31.2. The Kier molecular flexibility index (Phi) is 9.04. The van der Waals surface area contributed by atoms with Crippen LogP contribution in [0.5, 0.6) is 17.2 Å². The quantitative estimate of drug-likeness (QED) is 0.441. The standard InChI is InChI=1S/C19H33NO6P2/c1-15-13-16(23-2)18(17(14-15)24-3)26-28(21,22)25-12-11-20-19(27)9-7-5-4-6-8-10-19/h13-14,20H,4-12,27H2,1-3H3,(H,21,22). The van der Waals surface area contributed by atoms with Gasteiger partial charge in [0.1, 0.15) is 0 Å². The summed E-state index contributed by atoms with van der Waals surface area (Å²) >= 11 is 0. The second-order valence-corrected chi connectivity index (χ2v) is 9.73. The normalized spacial score (nSPS) is 19.2. The van der Waals surface area contributed by atoms with Gasteiger partial charge in [0.05, 0.1) is 20.8 Å². The van der Waals surface area contributed by atoms with Crippen LogP contribution in [0.1, 0.15) is 50.5 Å². The minimum absolute atomic E-state index is 0.0342. The number of ether oxygens (including phenoxy) is 2. The number of benzene rings is 1. The van der Waals surface area contributed by atoms with Gasteiger partial charge in [0.25, 0.3) is 0 Å². The van der Waals surface area contributed by atoms with Crippen LogP contribution in [0.15, 0.2) is 12.1 Å². The molecule has 1 aliphatic rings. The summed E-state index contributed by atoms with van der Waals surface area (Å²) < 4.78 is 33.3. The zero-order valence-electron chi connectivity index (χ0n) is 17.0. The van der Waals surface area contributed by atoms with Crippen LogP contribution in [0.4, 0.5) is 0 Å². The van der Waals surface area contributed by atoms with Crippen molar-refractivity contribution in [3.63, 3.8) is 0 Å². The van der Waals surface area contributed by atoms with Crippen molar-refractivity contribution in [2.24, 2.45) is 0 Å². The van der Waals surface area contributed by atoms with Crippen LogP contribution >= 0.6 is 17.1 Å². The molecule has 0 saturated heterocycles. The fourth-order valence-electron chi connectivity index (χ4n) is 3.42. The van der Waals surface area contributed by atoms with Crippen molar-refractivity contribution in [1.82, 2.24) is 5.32 Å². The summed E-state index contributed by atoms with van der Waals surface area (Å²) in [6.07, 6.45) is 8.34. The Bertz CT molecular complexity index is 651. The molecule has 2 atom stereocenters. The molecule has 9 heteroatoms. The minimum Gasteiger partial charge on any atom is -0.493 e. The molecule has 0 aliphatic heterocycles. The minimum atomic E-state index is -4.32. The number of nitrogens with one attached hydrogen (secondary N) is 1. The van der Waals surface area contributed by atoms with Crippen LogP contribution in [-0.4, -0.2) is 37.5 Å². The molecular weight excluding hydrogens is 400 g/mol. The number of methoxy groups -OCH3 is 2. The first-order valence-electron chi connectivity index (χ1n) is 9.72. The van der Waals surface area contributed by atoms with E-state index in [1.807, 2.05) is 6.92 Å². The lowest BCUT2D eigenvalue weighted by molar-refractivity contribution is 0.193. The molecule has 2 unspecified atom stereocenters. The van der Waals surface area contributed by atoms with Gasteiger partial charge in [0.2, 0.25) is 5.75 Å². The van der Waals surface area contributed by atoms with Gasteiger partial charge < -0.3 is 19.3 Å². The van der Waals surface area contributed by atoms with Gasteiger partial charge in [-0.15, -0.1) is 9.24 Å². The third kappa shape index (κ3) is 7.20. The van der Waals surface area contributed by atoms with E-state index in [4.69, 9.17) is 18.5 Å². The summed E-state index contributed by atoms with van der Waals surface area (Å²) in [5, 5.41) is 3.42. The van der Waals surface area contributed by atoms with E-state index in [1.54, 1.807) is 12.1 Å². The maximum absolute atomic E-state index is 12.4. The highest BCUT2D eigenvalue weighted by molar-refractivity contribution is 7.47. The number of phosphoric ester groups is 1. The molecule has 0 amide bonds. The van der Waals surface area contributed by atoms with Crippen molar-refractivity contribution in [2.75, 3.05) is 27.4 Å². The predicted molar refractivity (Wildman–Crippen MR) is 113 cm³/mol. The van der Waals surface area contributed by atoms with Crippen molar-refractivity contribution in [3.05, 3.63) is 17.7 Å². The number of phosphoric acid groups is 1. The van der Waals surface area contributed by atoms with Gasteiger partial charge in [-0.1, -0.05) is 32.1 Å². The average Bonchev–Trinajstić information content (AvgIpc) is 2.63. The summed E-state index contributed by atoms with van der Waals surface area (Å²) in [4.78, 5) is 10.1. The molecule has 0 heterocycles. The molecule has 7 nitrogen and oxygen atoms in total. The number of aryl methyl sites for hydroxylation is 1. The van der Waals surface area contributed by atoms with Gasteiger partial charge in [-0.3, -0.25) is 9.42 Å². The van der Waals surface area contributed by atoms with Gasteiger partial charge in [-0.2, -0.15) is 0 Å². The highest BCUT2D eigenvalue weighted by Crippen LogP contribution is 2.50. The van der Waals surface area contributed by atoms with Crippen molar-refractivity contribution < 1.29 is 28.0 Å². The zero-order valence-corrected chi connectivity index (χ0v) is 19.1. The second kappa shape index (κ2) is 10.8. The van der Waals surface area contributed by atoms with E-state index in [2.05, 4.69) is 14.6 Å². The Morgan fingerprint density at radius 1 is 1.11 bits per heavy atom. The lowest BCUT2D eigenvalue weighted by Gasteiger charge is -2.32. The van der Waals surface area contributed by atoms with Crippen LogP contribution in [0.25, 0.3) is 0 Å². The average molecular weight is 433 g/mol. The molecule has 0 bridgehead atoms. The fourth-order valence-corrected chi connectivity index (χ4v) is 4.75. The molecular formula is C19H33NO6P2. The molecule has 2 N–H and O–H groups in total. The summed E-state index contributed by atoms with van der Waals surface area (Å²) in [6.45, 7) is 2.38. The van der Waals surface area contributed by atoms with Gasteiger partial charge in [-0.25, -0.2) is 4.57 Å². The topological polar surface area (TPSA) is 86.3 Å². The molecule has 2 rings (SSSR count). The van der Waals surface area contributed by atoms with E-state index in [-0.39, 0.29) is 17.6 Å². The molecule has 0 aromatic heterocycles. The summed E-state index contributed by atoms with van der Waals surface area (Å²) in [6, 6.07) is 3.40. The molecule has 160 valence electrons. The first-order valence-corrected chi connectivity index (χ1v) is 11.8. The molecule has 1 aromatic rings. The number of hydrogen-bond donors (Lipinski definition) is 2. The maximum atomic E-state index is 12.4. The summed E-state index contributed by atoms with van der Waals surface area (Å²) in [5.74, 6) is 0.675. The Labute approximate surface area is 170 Å². The van der Waals surface area contributed by atoms with E-state index in [0.29, 0.717) is 18.0 Å². The van der Waals surface area contributed by atoms with Gasteiger partial charge in [-0.05, 0) is 37.5 Å².